The summed E-state index contributed by atoms with van der Waals surface area (Å²) in [6.45, 7) is 3.95. The second-order valence-corrected chi connectivity index (χ2v) is 7.27. The maximum absolute atomic E-state index is 8.92. The highest BCUT2D eigenvalue weighted by Crippen LogP contribution is 2.35. The minimum atomic E-state index is 0.647. The number of benzene rings is 1. The van der Waals surface area contributed by atoms with Crippen LogP contribution in [0.3, 0.4) is 0 Å². The van der Waals surface area contributed by atoms with Gasteiger partial charge in [0.15, 0.2) is 0 Å². The van der Waals surface area contributed by atoms with E-state index in [1.165, 1.54) is 12.1 Å². The van der Waals surface area contributed by atoms with E-state index in [0.29, 0.717) is 11.3 Å². The smallest absolute Gasteiger partial charge is 0.114 e. The van der Waals surface area contributed by atoms with E-state index in [1.54, 1.807) is 17.6 Å². The summed E-state index contributed by atoms with van der Waals surface area (Å²) in [5, 5.41) is 8.92. The molecule has 0 atom stereocenters. The zero-order valence-corrected chi connectivity index (χ0v) is 15.7. The van der Waals surface area contributed by atoms with Gasteiger partial charge in [0.2, 0.25) is 0 Å². The number of nitriles is 1. The first-order valence-electron chi connectivity index (χ1n) is 7.21. The zero-order chi connectivity index (χ0) is 17.6. The highest BCUT2D eigenvalue weighted by molar-refractivity contribution is 7.96. The van der Waals surface area contributed by atoms with Crippen LogP contribution in [0.1, 0.15) is 10.4 Å². The molecule has 1 aromatic carbocycles. The van der Waals surface area contributed by atoms with E-state index in [0.717, 1.165) is 37.9 Å². The van der Waals surface area contributed by atoms with Crippen LogP contribution in [0.25, 0.3) is 16.0 Å². The SMILES string of the molecule is C=C1N=S=N/C1=C(/C=NSNC)c1ccc(-c2ccc(C#N)cc2)s1. The highest BCUT2D eigenvalue weighted by atomic mass is 32.2. The molecular formula is C17H13N5S3. The molecule has 1 aliphatic heterocycles. The third kappa shape index (κ3) is 4.03. The standard InChI is InChI=1S/C17H13N5S3/c1-11-17(22-25-21-11)14(10-20-24-19-2)16-8-7-15(23-16)13-5-3-12(9-18)4-6-13/h3-8,10,19H,1H2,2H3/b17-14-,20-10?. The quantitative estimate of drug-likeness (QED) is 0.594. The molecule has 0 bridgehead atoms. The lowest BCUT2D eigenvalue weighted by molar-refractivity contribution is 1.30. The second kappa shape index (κ2) is 8.18. The summed E-state index contributed by atoms with van der Waals surface area (Å²) in [6, 6.07) is 13.8. The Morgan fingerprint density at radius 1 is 1.28 bits per heavy atom. The molecule has 0 saturated heterocycles. The van der Waals surface area contributed by atoms with Gasteiger partial charge in [0.05, 0.1) is 40.8 Å². The van der Waals surface area contributed by atoms with Crippen molar-refractivity contribution in [1.29, 1.82) is 5.26 Å². The van der Waals surface area contributed by atoms with Gasteiger partial charge in [-0.3, -0.25) is 0 Å². The average Bonchev–Trinajstić information content (AvgIpc) is 3.29. The predicted octanol–water partition coefficient (Wildman–Crippen LogP) is 4.83. The highest BCUT2D eigenvalue weighted by Gasteiger charge is 2.15. The molecular weight excluding hydrogens is 370 g/mol. The molecule has 1 aromatic heterocycles. The van der Waals surface area contributed by atoms with Gasteiger partial charge in [-0.2, -0.15) is 14.0 Å². The molecule has 5 nitrogen and oxygen atoms in total. The fourth-order valence-electron chi connectivity index (χ4n) is 2.13. The van der Waals surface area contributed by atoms with E-state index in [-0.39, 0.29) is 0 Å². The average molecular weight is 384 g/mol. The maximum atomic E-state index is 8.92. The van der Waals surface area contributed by atoms with Crippen molar-refractivity contribution in [1.82, 2.24) is 4.72 Å². The van der Waals surface area contributed by atoms with Crippen molar-refractivity contribution in [2.24, 2.45) is 13.1 Å². The minimum Gasteiger partial charge on any atom is -0.247 e. The van der Waals surface area contributed by atoms with Crippen LogP contribution in [-0.4, -0.2) is 13.3 Å². The van der Waals surface area contributed by atoms with Crippen LogP contribution < -0.4 is 4.72 Å². The van der Waals surface area contributed by atoms with Gasteiger partial charge in [-0.25, -0.2) is 9.12 Å². The van der Waals surface area contributed by atoms with Gasteiger partial charge in [-0.05, 0) is 36.9 Å². The molecule has 0 amide bonds. The normalized spacial score (nSPS) is 15.4. The Hall–Kier alpha value is -2.31. The number of thiophene rings is 1. The number of hydrogen-bond donors (Lipinski definition) is 1. The molecule has 0 saturated carbocycles. The number of allylic oxidation sites excluding steroid dienone is 1. The fourth-order valence-corrected chi connectivity index (χ4v) is 3.93. The van der Waals surface area contributed by atoms with Gasteiger partial charge in [0.1, 0.15) is 5.70 Å². The van der Waals surface area contributed by atoms with Gasteiger partial charge >= 0.3 is 0 Å². The first kappa shape index (κ1) is 17.5. The largest absolute Gasteiger partial charge is 0.247 e. The van der Waals surface area contributed by atoms with Gasteiger partial charge in [-0.1, -0.05) is 18.7 Å². The molecule has 0 unspecified atom stereocenters. The lowest BCUT2D eigenvalue weighted by atomic mass is 10.1. The number of nitrogens with one attached hydrogen (secondary N) is 1. The van der Waals surface area contributed by atoms with E-state index < -0.39 is 0 Å². The minimum absolute atomic E-state index is 0.647. The molecule has 1 N–H and O–H groups in total. The molecule has 0 spiro atoms. The number of rotatable bonds is 5. The third-order valence-corrected chi connectivity index (χ3v) is 5.43. The Morgan fingerprint density at radius 2 is 2.08 bits per heavy atom. The van der Waals surface area contributed by atoms with Crippen molar-refractivity contribution in [3.63, 3.8) is 0 Å². The van der Waals surface area contributed by atoms with Crippen molar-refractivity contribution in [3.8, 4) is 16.5 Å². The Balaban J connectivity index is 1.98. The molecule has 25 heavy (non-hydrogen) atoms. The van der Waals surface area contributed by atoms with Crippen molar-refractivity contribution < 1.29 is 0 Å². The lowest BCUT2D eigenvalue weighted by Gasteiger charge is -2.02. The first-order chi connectivity index (χ1) is 12.2. The van der Waals surface area contributed by atoms with Gasteiger partial charge in [0, 0.05) is 21.5 Å². The van der Waals surface area contributed by atoms with E-state index in [4.69, 9.17) is 5.26 Å². The van der Waals surface area contributed by atoms with E-state index >= 15 is 0 Å². The van der Waals surface area contributed by atoms with Crippen LogP contribution in [0.4, 0.5) is 0 Å². The molecule has 0 fully saturated rings. The Bertz CT molecular complexity index is 970. The second-order valence-electron chi connectivity index (χ2n) is 4.86. The summed E-state index contributed by atoms with van der Waals surface area (Å²) in [6.07, 6.45) is 1.78. The zero-order valence-electron chi connectivity index (χ0n) is 13.3. The topological polar surface area (TPSA) is 72.9 Å². The van der Waals surface area contributed by atoms with Gasteiger partial charge < -0.3 is 0 Å². The molecule has 0 radical (unpaired) electrons. The monoisotopic (exact) mass is 383 g/mol. The van der Waals surface area contributed by atoms with Crippen LogP contribution in [0, 0.1) is 11.3 Å². The van der Waals surface area contributed by atoms with Crippen LogP contribution >= 0.6 is 23.5 Å². The summed E-state index contributed by atoms with van der Waals surface area (Å²) in [7, 11) is 1.81. The number of hydrogen-bond acceptors (Lipinski definition) is 7. The van der Waals surface area contributed by atoms with E-state index in [1.807, 2.05) is 37.4 Å². The number of nitrogens with zero attached hydrogens (tertiary/aromatic N) is 4. The maximum Gasteiger partial charge on any atom is 0.114 e. The summed E-state index contributed by atoms with van der Waals surface area (Å²) < 4.78 is 15.7. The fraction of sp³-hybridized carbons (Fsp3) is 0.0588. The summed E-state index contributed by atoms with van der Waals surface area (Å²) in [5.74, 6) is 0. The van der Waals surface area contributed by atoms with Gasteiger partial charge in [0.25, 0.3) is 0 Å². The molecule has 2 aromatic rings. The van der Waals surface area contributed by atoms with Crippen molar-refractivity contribution in [2.45, 2.75) is 0 Å². The van der Waals surface area contributed by atoms with Crippen molar-refractivity contribution in [2.75, 3.05) is 7.05 Å². The Kier molecular flexibility index (Phi) is 5.73. The van der Waals surface area contributed by atoms with Crippen LogP contribution in [-0.2, 0) is 11.4 Å². The molecule has 1 aliphatic rings. The van der Waals surface area contributed by atoms with E-state index in [9.17, 15) is 0 Å². The Morgan fingerprint density at radius 3 is 2.72 bits per heavy atom. The first-order valence-corrected chi connectivity index (χ1v) is 9.53. The van der Waals surface area contributed by atoms with Crippen LogP contribution in [0.5, 0.6) is 0 Å². The molecule has 2 heterocycles. The van der Waals surface area contributed by atoms with Crippen molar-refractivity contribution in [3.05, 3.63) is 64.8 Å². The summed E-state index contributed by atoms with van der Waals surface area (Å²) >= 11 is 4.03. The molecule has 3 rings (SSSR count). The molecule has 124 valence electrons. The molecule has 8 heteroatoms. The molecule has 0 aliphatic carbocycles. The van der Waals surface area contributed by atoms with Crippen molar-refractivity contribution >= 4 is 46.6 Å². The lowest BCUT2D eigenvalue weighted by Crippen LogP contribution is -1.91. The Labute approximate surface area is 158 Å². The third-order valence-electron chi connectivity index (χ3n) is 3.31. The summed E-state index contributed by atoms with van der Waals surface area (Å²) in [4.78, 5) is 2.15. The predicted molar refractivity (Wildman–Crippen MR) is 108 cm³/mol. The van der Waals surface area contributed by atoms with Crippen LogP contribution in [0.15, 0.2) is 67.5 Å². The summed E-state index contributed by atoms with van der Waals surface area (Å²) in [5.41, 5.74) is 4.01. The van der Waals surface area contributed by atoms with Gasteiger partial charge in [-0.15, -0.1) is 11.3 Å². The van der Waals surface area contributed by atoms with E-state index in [2.05, 4.69) is 36.6 Å². The van der Waals surface area contributed by atoms with Crippen LogP contribution in [0.2, 0.25) is 0 Å².